The highest BCUT2D eigenvalue weighted by atomic mass is 32.1. The highest BCUT2D eigenvalue weighted by Gasteiger charge is 2.10. The first kappa shape index (κ1) is 17.4. The summed E-state index contributed by atoms with van der Waals surface area (Å²) in [5, 5.41) is 0. The van der Waals surface area contributed by atoms with E-state index >= 15 is 0 Å². The van der Waals surface area contributed by atoms with Gasteiger partial charge in [0, 0.05) is 6.54 Å². The standard InChI is InChI=1S/C20H22N2O2S/c1-5-22-17-10-13(2)9-14(3)19(17)25-20(22)21-18(23)12-15-7-6-8-16(11-15)24-4/h6-11H,5,12H2,1-4H3. The summed E-state index contributed by atoms with van der Waals surface area (Å²) in [6.07, 6.45) is 0.271. The van der Waals surface area contributed by atoms with Crippen LogP contribution in [-0.4, -0.2) is 17.6 Å². The van der Waals surface area contributed by atoms with Crippen molar-refractivity contribution in [3.8, 4) is 5.75 Å². The molecule has 0 aliphatic rings. The van der Waals surface area contributed by atoms with Gasteiger partial charge in [-0.3, -0.25) is 4.79 Å². The highest BCUT2D eigenvalue weighted by Crippen LogP contribution is 2.23. The number of ether oxygens (including phenoxy) is 1. The molecule has 2 aromatic carbocycles. The number of rotatable bonds is 4. The van der Waals surface area contributed by atoms with Gasteiger partial charge in [0.05, 0.1) is 23.7 Å². The lowest BCUT2D eigenvalue weighted by atomic mass is 10.1. The van der Waals surface area contributed by atoms with Crippen LogP contribution in [0.25, 0.3) is 10.2 Å². The maximum absolute atomic E-state index is 12.5. The molecule has 25 heavy (non-hydrogen) atoms. The summed E-state index contributed by atoms with van der Waals surface area (Å²) in [6.45, 7) is 7.06. The van der Waals surface area contributed by atoms with Crippen molar-refractivity contribution in [3.05, 3.63) is 57.9 Å². The number of aryl methyl sites for hydroxylation is 3. The fraction of sp³-hybridized carbons (Fsp3) is 0.300. The number of methoxy groups -OCH3 is 1. The number of hydrogen-bond acceptors (Lipinski definition) is 3. The molecule has 0 unspecified atom stereocenters. The predicted octanol–water partition coefficient (Wildman–Crippen LogP) is 4.02. The number of carbonyl (C=O) groups is 1. The molecule has 1 amide bonds. The van der Waals surface area contributed by atoms with Crippen molar-refractivity contribution >= 4 is 27.5 Å². The third-order valence-electron chi connectivity index (χ3n) is 4.14. The van der Waals surface area contributed by atoms with Crippen LogP contribution in [0, 0.1) is 13.8 Å². The Morgan fingerprint density at radius 1 is 1.24 bits per heavy atom. The molecule has 5 heteroatoms. The molecule has 0 radical (unpaired) electrons. The molecule has 1 aromatic heterocycles. The molecule has 0 saturated carbocycles. The first-order chi connectivity index (χ1) is 12.0. The van der Waals surface area contributed by atoms with E-state index in [9.17, 15) is 4.79 Å². The molecule has 0 N–H and O–H groups in total. The Morgan fingerprint density at radius 3 is 2.76 bits per heavy atom. The lowest BCUT2D eigenvalue weighted by Gasteiger charge is -2.03. The zero-order chi connectivity index (χ0) is 18.0. The lowest BCUT2D eigenvalue weighted by Crippen LogP contribution is -2.16. The largest absolute Gasteiger partial charge is 0.497 e. The van der Waals surface area contributed by atoms with E-state index < -0.39 is 0 Å². The van der Waals surface area contributed by atoms with Gasteiger partial charge < -0.3 is 9.30 Å². The molecule has 0 aliphatic heterocycles. The van der Waals surface area contributed by atoms with Gasteiger partial charge in [-0.1, -0.05) is 29.5 Å². The number of aromatic nitrogens is 1. The summed E-state index contributed by atoms with van der Waals surface area (Å²) in [5.41, 5.74) is 4.50. The monoisotopic (exact) mass is 354 g/mol. The smallest absolute Gasteiger partial charge is 0.252 e. The Morgan fingerprint density at radius 2 is 2.04 bits per heavy atom. The van der Waals surface area contributed by atoms with E-state index in [4.69, 9.17) is 4.74 Å². The van der Waals surface area contributed by atoms with Crippen molar-refractivity contribution in [2.75, 3.05) is 7.11 Å². The van der Waals surface area contributed by atoms with Crippen LogP contribution in [0.5, 0.6) is 5.75 Å². The predicted molar refractivity (Wildman–Crippen MR) is 102 cm³/mol. The molecule has 0 fully saturated rings. The summed E-state index contributed by atoms with van der Waals surface area (Å²) in [5.74, 6) is 0.610. The number of carbonyl (C=O) groups excluding carboxylic acids is 1. The van der Waals surface area contributed by atoms with Crippen LogP contribution in [0.2, 0.25) is 0 Å². The molecule has 4 nitrogen and oxygen atoms in total. The van der Waals surface area contributed by atoms with Gasteiger partial charge in [0.25, 0.3) is 5.91 Å². The molecular weight excluding hydrogens is 332 g/mol. The first-order valence-electron chi connectivity index (χ1n) is 8.33. The van der Waals surface area contributed by atoms with Crippen molar-refractivity contribution in [1.29, 1.82) is 0 Å². The third kappa shape index (κ3) is 3.66. The number of thiazole rings is 1. The summed E-state index contributed by atoms with van der Waals surface area (Å²) in [7, 11) is 1.62. The van der Waals surface area contributed by atoms with Crippen LogP contribution in [0.15, 0.2) is 41.4 Å². The van der Waals surface area contributed by atoms with Crippen LogP contribution in [-0.2, 0) is 17.8 Å². The zero-order valence-electron chi connectivity index (χ0n) is 15.0. The highest BCUT2D eigenvalue weighted by molar-refractivity contribution is 7.16. The average molecular weight is 354 g/mol. The van der Waals surface area contributed by atoms with Crippen LogP contribution in [0.3, 0.4) is 0 Å². The van der Waals surface area contributed by atoms with Gasteiger partial charge in [0.15, 0.2) is 4.80 Å². The molecule has 0 spiro atoms. The quantitative estimate of drug-likeness (QED) is 0.710. The molecule has 0 saturated heterocycles. The van der Waals surface area contributed by atoms with E-state index in [0.29, 0.717) is 0 Å². The maximum Gasteiger partial charge on any atom is 0.252 e. The van der Waals surface area contributed by atoms with E-state index in [-0.39, 0.29) is 12.3 Å². The Balaban J connectivity index is 2.00. The van der Waals surface area contributed by atoms with Crippen molar-refractivity contribution in [2.24, 2.45) is 4.99 Å². The molecular formula is C20H22N2O2S. The van der Waals surface area contributed by atoms with Gasteiger partial charge in [-0.25, -0.2) is 0 Å². The Bertz CT molecular complexity index is 999. The summed E-state index contributed by atoms with van der Waals surface area (Å²) in [6, 6.07) is 11.9. The molecule has 3 rings (SSSR count). The molecule has 0 atom stereocenters. The van der Waals surface area contributed by atoms with E-state index in [0.717, 1.165) is 28.2 Å². The number of fused-ring (bicyclic) bond motifs is 1. The zero-order valence-corrected chi connectivity index (χ0v) is 15.8. The van der Waals surface area contributed by atoms with E-state index in [2.05, 4.69) is 42.5 Å². The van der Waals surface area contributed by atoms with Crippen molar-refractivity contribution in [1.82, 2.24) is 4.57 Å². The molecule has 1 heterocycles. The number of benzene rings is 2. The van der Waals surface area contributed by atoms with Crippen molar-refractivity contribution in [3.63, 3.8) is 0 Å². The number of hydrogen-bond donors (Lipinski definition) is 0. The second kappa shape index (κ2) is 7.23. The summed E-state index contributed by atoms with van der Waals surface area (Å²) < 4.78 is 8.52. The minimum atomic E-state index is -0.142. The van der Waals surface area contributed by atoms with Gasteiger partial charge >= 0.3 is 0 Å². The third-order valence-corrected chi connectivity index (χ3v) is 5.37. The van der Waals surface area contributed by atoms with Crippen LogP contribution in [0.4, 0.5) is 0 Å². The Labute approximate surface area is 151 Å². The first-order valence-corrected chi connectivity index (χ1v) is 9.14. The van der Waals surface area contributed by atoms with Crippen molar-refractivity contribution in [2.45, 2.75) is 33.7 Å². The molecule has 130 valence electrons. The second-order valence-corrected chi connectivity index (χ2v) is 7.07. The molecule has 0 aliphatic carbocycles. The Hall–Kier alpha value is -2.40. The van der Waals surface area contributed by atoms with Gasteiger partial charge in [-0.05, 0) is 55.7 Å². The second-order valence-electron chi connectivity index (χ2n) is 6.09. The topological polar surface area (TPSA) is 43.6 Å². The van der Waals surface area contributed by atoms with Gasteiger partial charge in [0.1, 0.15) is 5.75 Å². The fourth-order valence-corrected chi connectivity index (χ4v) is 4.17. The number of amides is 1. The van der Waals surface area contributed by atoms with Gasteiger partial charge in [-0.15, -0.1) is 0 Å². The lowest BCUT2D eigenvalue weighted by molar-refractivity contribution is -0.117. The fourth-order valence-electron chi connectivity index (χ4n) is 3.01. The average Bonchev–Trinajstić information content (AvgIpc) is 2.92. The minimum absolute atomic E-state index is 0.142. The van der Waals surface area contributed by atoms with Crippen LogP contribution < -0.4 is 9.54 Å². The van der Waals surface area contributed by atoms with Crippen molar-refractivity contribution < 1.29 is 9.53 Å². The molecule has 3 aromatic rings. The van der Waals surface area contributed by atoms with E-state index in [1.54, 1.807) is 18.4 Å². The minimum Gasteiger partial charge on any atom is -0.497 e. The van der Waals surface area contributed by atoms with Gasteiger partial charge in [0.2, 0.25) is 0 Å². The SMILES string of the molecule is CCn1c(=NC(=O)Cc2cccc(OC)c2)sc2c(C)cc(C)cc21. The van der Waals surface area contributed by atoms with Crippen LogP contribution in [0.1, 0.15) is 23.6 Å². The summed E-state index contributed by atoms with van der Waals surface area (Å²) >= 11 is 1.58. The van der Waals surface area contributed by atoms with Crippen LogP contribution >= 0.6 is 11.3 Å². The van der Waals surface area contributed by atoms with E-state index in [1.807, 2.05) is 24.3 Å². The van der Waals surface area contributed by atoms with E-state index in [1.165, 1.54) is 15.8 Å². The summed E-state index contributed by atoms with van der Waals surface area (Å²) in [4.78, 5) is 17.6. The Kier molecular flexibility index (Phi) is 5.04. The normalized spacial score (nSPS) is 11.9. The molecule has 0 bridgehead atoms. The number of nitrogens with zero attached hydrogens (tertiary/aromatic N) is 2. The van der Waals surface area contributed by atoms with Gasteiger partial charge in [-0.2, -0.15) is 4.99 Å². The maximum atomic E-state index is 12.5.